The van der Waals surface area contributed by atoms with Crippen LogP contribution < -0.4 is 5.73 Å². The lowest BCUT2D eigenvalue weighted by molar-refractivity contribution is 0.592. The Balaban J connectivity index is 2.25. The fraction of sp³-hybridized carbons (Fsp3) is 0.364. The highest BCUT2D eigenvalue weighted by molar-refractivity contribution is 5.47. The summed E-state index contributed by atoms with van der Waals surface area (Å²) in [5, 5.41) is 4.15. The number of fused-ring (bicyclic) bond motifs is 1. The Morgan fingerprint density at radius 3 is 3.14 bits per heavy atom. The predicted octanol–water partition coefficient (Wildman–Crippen LogP) is 1.47. The molecule has 0 fully saturated rings. The smallest absolute Gasteiger partial charge is 0.0664 e. The highest BCUT2D eigenvalue weighted by Gasteiger charge is 2.02. The molecule has 0 amide bonds. The van der Waals surface area contributed by atoms with E-state index in [-0.39, 0.29) is 0 Å². The van der Waals surface area contributed by atoms with Crippen LogP contribution in [-0.2, 0) is 6.42 Å². The van der Waals surface area contributed by atoms with Crippen LogP contribution in [0.2, 0.25) is 0 Å². The molecule has 2 aromatic rings. The molecule has 3 heteroatoms. The molecule has 74 valence electrons. The van der Waals surface area contributed by atoms with Gasteiger partial charge in [0.2, 0.25) is 0 Å². The van der Waals surface area contributed by atoms with Crippen molar-refractivity contribution >= 4 is 5.52 Å². The first kappa shape index (κ1) is 9.21. The van der Waals surface area contributed by atoms with E-state index < -0.39 is 0 Å². The van der Waals surface area contributed by atoms with E-state index >= 15 is 0 Å². The van der Waals surface area contributed by atoms with Crippen LogP contribution in [0.5, 0.6) is 0 Å². The molecule has 0 aliphatic rings. The van der Waals surface area contributed by atoms with Gasteiger partial charge in [0, 0.05) is 12.4 Å². The zero-order valence-electron chi connectivity index (χ0n) is 8.35. The Morgan fingerprint density at radius 1 is 1.50 bits per heavy atom. The van der Waals surface area contributed by atoms with Crippen molar-refractivity contribution in [2.75, 3.05) is 6.54 Å². The summed E-state index contributed by atoms with van der Waals surface area (Å²) < 4.78 is 1.87. The second-order valence-corrected chi connectivity index (χ2v) is 3.78. The van der Waals surface area contributed by atoms with Gasteiger partial charge in [0.05, 0.1) is 5.52 Å². The van der Waals surface area contributed by atoms with E-state index in [4.69, 9.17) is 5.73 Å². The topological polar surface area (TPSA) is 43.3 Å². The molecule has 0 bridgehead atoms. The van der Waals surface area contributed by atoms with Gasteiger partial charge >= 0.3 is 0 Å². The Morgan fingerprint density at radius 2 is 2.36 bits per heavy atom. The highest BCUT2D eigenvalue weighted by Crippen LogP contribution is 2.10. The summed E-state index contributed by atoms with van der Waals surface area (Å²) >= 11 is 0. The van der Waals surface area contributed by atoms with E-state index in [0.29, 0.717) is 5.92 Å². The molecule has 2 N–H and O–H groups in total. The average Bonchev–Trinajstić information content (AvgIpc) is 2.64. The molecule has 14 heavy (non-hydrogen) atoms. The first-order valence-electron chi connectivity index (χ1n) is 4.92. The zero-order valence-corrected chi connectivity index (χ0v) is 8.35. The van der Waals surface area contributed by atoms with E-state index in [0.717, 1.165) is 18.5 Å². The van der Waals surface area contributed by atoms with Crippen molar-refractivity contribution in [2.24, 2.45) is 11.7 Å². The standard InChI is InChI=1S/C11H15N3/c1-9(8-12)6-10-3-5-14-11(7-10)2-4-13-14/h2-5,7,9H,6,8,12H2,1H3. The third-order valence-electron chi connectivity index (χ3n) is 2.45. The molecular formula is C11H15N3. The second kappa shape index (κ2) is 3.80. The molecule has 0 radical (unpaired) electrons. The van der Waals surface area contributed by atoms with Crippen molar-refractivity contribution in [1.29, 1.82) is 0 Å². The number of rotatable bonds is 3. The van der Waals surface area contributed by atoms with E-state index in [9.17, 15) is 0 Å². The SMILES string of the molecule is CC(CN)Cc1ccn2nccc2c1. The summed E-state index contributed by atoms with van der Waals surface area (Å²) in [5.41, 5.74) is 8.07. The highest BCUT2D eigenvalue weighted by atomic mass is 15.2. The maximum Gasteiger partial charge on any atom is 0.0664 e. The molecule has 1 atom stereocenters. The van der Waals surface area contributed by atoms with E-state index in [1.807, 2.05) is 23.0 Å². The third kappa shape index (κ3) is 1.77. The zero-order chi connectivity index (χ0) is 9.97. The van der Waals surface area contributed by atoms with Crippen LogP contribution in [0.15, 0.2) is 30.6 Å². The number of nitrogens with zero attached hydrogens (tertiary/aromatic N) is 2. The van der Waals surface area contributed by atoms with Crippen LogP contribution in [-0.4, -0.2) is 16.2 Å². The first-order valence-corrected chi connectivity index (χ1v) is 4.92. The number of pyridine rings is 1. The Hall–Kier alpha value is -1.35. The van der Waals surface area contributed by atoms with E-state index in [1.165, 1.54) is 5.56 Å². The van der Waals surface area contributed by atoms with Gasteiger partial charge in [-0.2, -0.15) is 5.10 Å². The summed E-state index contributed by atoms with van der Waals surface area (Å²) in [4.78, 5) is 0. The Labute approximate surface area is 83.5 Å². The summed E-state index contributed by atoms with van der Waals surface area (Å²) in [7, 11) is 0. The molecule has 0 aliphatic heterocycles. The molecule has 0 spiro atoms. The lowest BCUT2D eigenvalue weighted by Gasteiger charge is -2.08. The van der Waals surface area contributed by atoms with Crippen molar-refractivity contribution in [3.8, 4) is 0 Å². The maximum atomic E-state index is 5.59. The largest absolute Gasteiger partial charge is 0.330 e. The first-order chi connectivity index (χ1) is 6.79. The van der Waals surface area contributed by atoms with Crippen LogP contribution in [0.1, 0.15) is 12.5 Å². The normalized spacial score (nSPS) is 13.3. The summed E-state index contributed by atoms with van der Waals surface area (Å²) in [6, 6.07) is 6.28. The lowest BCUT2D eigenvalue weighted by Crippen LogP contribution is -2.13. The monoisotopic (exact) mass is 189 g/mol. The number of nitrogens with two attached hydrogens (primary N) is 1. The Kier molecular flexibility index (Phi) is 2.50. The van der Waals surface area contributed by atoms with Gasteiger partial charge in [0.1, 0.15) is 0 Å². The molecule has 3 nitrogen and oxygen atoms in total. The van der Waals surface area contributed by atoms with Crippen molar-refractivity contribution < 1.29 is 0 Å². The van der Waals surface area contributed by atoms with E-state index in [2.05, 4.69) is 24.2 Å². The predicted molar refractivity (Wildman–Crippen MR) is 57.1 cm³/mol. The van der Waals surface area contributed by atoms with Gasteiger partial charge in [0.15, 0.2) is 0 Å². The number of hydrogen-bond donors (Lipinski definition) is 1. The van der Waals surface area contributed by atoms with Gasteiger partial charge in [-0.3, -0.25) is 0 Å². The van der Waals surface area contributed by atoms with Crippen molar-refractivity contribution in [1.82, 2.24) is 9.61 Å². The van der Waals surface area contributed by atoms with E-state index in [1.54, 1.807) is 0 Å². The molecule has 2 rings (SSSR count). The molecule has 0 saturated carbocycles. The van der Waals surface area contributed by atoms with Gasteiger partial charge in [0.25, 0.3) is 0 Å². The molecule has 0 aliphatic carbocycles. The van der Waals surface area contributed by atoms with Crippen molar-refractivity contribution in [3.63, 3.8) is 0 Å². The molecule has 0 aromatic carbocycles. The molecule has 1 unspecified atom stereocenters. The minimum atomic E-state index is 0.542. The minimum absolute atomic E-state index is 0.542. The van der Waals surface area contributed by atoms with Crippen molar-refractivity contribution in [3.05, 3.63) is 36.2 Å². The van der Waals surface area contributed by atoms with Gasteiger partial charge in [-0.25, -0.2) is 4.52 Å². The lowest BCUT2D eigenvalue weighted by atomic mass is 10.0. The summed E-state index contributed by atoms with van der Waals surface area (Å²) in [6.07, 6.45) is 4.84. The molecular weight excluding hydrogens is 174 g/mol. The minimum Gasteiger partial charge on any atom is -0.330 e. The Bertz CT molecular complexity index is 419. The second-order valence-electron chi connectivity index (χ2n) is 3.78. The fourth-order valence-electron chi connectivity index (χ4n) is 1.58. The van der Waals surface area contributed by atoms with Gasteiger partial charge < -0.3 is 5.73 Å². The van der Waals surface area contributed by atoms with Gasteiger partial charge in [-0.05, 0) is 42.6 Å². The summed E-state index contributed by atoms with van der Waals surface area (Å²) in [5.74, 6) is 0.542. The molecule has 0 saturated heterocycles. The maximum absolute atomic E-state index is 5.59. The van der Waals surface area contributed by atoms with Crippen LogP contribution in [0.3, 0.4) is 0 Å². The van der Waals surface area contributed by atoms with Crippen LogP contribution in [0, 0.1) is 5.92 Å². The van der Waals surface area contributed by atoms with Crippen LogP contribution in [0.25, 0.3) is 5.52 Å². The van der Waals surface area contributed by atoms with Gasteiger partial charge in [-0.15, -0.1) is 0 Å². The van der Waals surface area contributed by atoms with Crippen LogP contribution in [0.4, 0.5) is 0 Å². The average molecular weight is 189 g/mol. The molecule has 2 heterocycles. The summed E-state index contributed by atoms with van der Waals surface area (Å²) in [6.45, 7) is 2.91. The number of hydrogen-bond acceptors (Lipinski definition) is 2. The molecule has 2 aromatic heterocycles. The van der Waals surface area contributed by atoms with Crippen LogP contribution >= 0.6 is 0 Å². The fourth-order valence-corrected chi connectivity index (χ4v) is 1.58. The van der Waals surface area contributed by atoms with Gasteiger partial charge in [-0.1, -0.05) is 6.92 Å². The quantitative estimate of drug-likeness (QED) is 0.794. The van der Waals surface area contributed by atoms with Crippen molar-refractivity contribution in [2.45, 2.75) is 13.3 Å². The number of aromatic nitrogens is 2. The third-order valence-corrected chi connectivity index (χ3v) is 2.45.